The second kappa shape index (κ2) is 11.5. The van der Waals surface area contributed by atoms with Crippen LogP contribution in [-0.4, -0.2) is 108 Å². The third-order valence-electron chi connectivity index (χ3n) is 8.09. The molecule has 0 spiro atoms. The van der Waals surface area contributed by atoms with Crippen molar-refractivity contribution in [1.29, 1.82) is 0 Å². The van der Waals surface area contributed by atoms with Crippen LogP contribution in [0.3, 0.4) is 0 Å². The van der Waals surface area contributed by atoms with Gasteiger partial charge in [0.05, 0.1) is 49.2 Å². The third-order valence-corrected chi connectivity index (χ3v) is 8.09. The number of nitrogens with one attached hydrogen (secondary N) is 1. The Morgan fingerprint density at radius 2 is 1.87 bits per heavy atom. The molecule has 0 saturated carbocycles. The van der Waals surface area contributed by atoms with Crippen molar-refractivity contribution in [2.75, 3.05) is 54.4 Å². The monoisotopic (exact) mass is 637 g/mol. The number of carbonyl (C=O) groups is 2. The molecule has 7 heterocycles. The van der Waals surface area contributed by atoms with Crippen LogP contribution in [-0.2, 0) is 9.47 Å². The molecule has 0 unspecified atom stereocenters. The number of amides is 2. The summed E-state index contributed by atoms with van der Waals surface area (Å²) >= 11 is 0. The molecule has 7 rings (SSSR count). The van der Waals surface area contributed by atoms with Crippen LogP contribution in [0.25, 0.3) is 11.3 Å². The molecule has 3 fully saturated rings. The van der Waals surface area contributed by atoms with Gasteiger partial charge in [0.15, 0.2) is 11.3 Å². The molecule has 3 aliphatic rings. The summed E-state index contributed by atoms with van der Waals surface area (Å²) in [7, 11) is 0. The standard InChI is InChI=1S/C29H33F2N11O4/c1-29(2,3)46-28(44)39-8-6-38(7-9-39)27-32-11-18(12-33-27)42-15-21(23(37-42)24(30)31)35-26(43)20-13-34-41-5-4-22(36-25(20)41)40-14-19-10-17(40)16-45-19/h4-5,11-13,15,17,19,24H,6-10,14,16H2,1-3H3,(H,35,43)/t17-,19-/m1/s1. The summed E-state index contributed by atoms with van der Waals surface area (Å²) in [6.07, 6.45) is 5.06. The first kappa shape index (κ1) is 29.8. The van der Waals surface area contributed by atoms with E-state index < -0.39 is 23.6 Å². The molecular formula is C29H33F2N11O4. The fourth-order valence-corrected chi connectivity index (χ4v) is 5.84. The van der Waals surface area contributed by atoms with E-state index >= 15 is 0 Å². The number of fused-ring (bicyclic) bond motifs is 3. The number of rotatable bonds is 6. The highest BCUT2D eigenvalue weighted by Gasteiger charge is 2.40. The van der Waals surface area contributed by atoms with Gasteiger partial charge in [0.25, 0.3) is 12.3 Å². The summed E-state index contributed by atoms with van der Waals surface area (Å²) in [6, 6.07) is 2.06. The number of carbonyl (C=O) groups excluding carboxylic acids is 2. The molecular weight excluding hydrogens is 604 g/mol. The number of alkyl halides is 2. The van der Waals surface area contributed by atoms with E-state index in [9.17, 15) is 18.4 Å². The van der Waals surface area contributed by atoms with Gasteiger partial charge >= 0.3 is 6.09 Å². The molecule has 0 radical (unpaired) electrons. The average Bonchev–Trinajstić information content (AvgIpc) is 3.84. The molecule has 4 aromatic heterocycles. The molecule has 46 heavy (non-hydrogen) atoms. The fourth-order valence-electron chi connectivity index (χ4n) is 5.84. The van der Waals surface area contributed by atoms with Crippen LogP contribution >= 0.6 is 0 Å². The molecule has 3 saturated heterocycles. The van der Waals surface area contributed by atoms with E-state index in [1.165, 1.54) is 34.0 Å². The zero-order valence-corrected chi connectivity index (χ0v) is 25.5. The zero-order chi connectivity index (χ0) is 32.2. The van der Waals surface area contributed by atoms with Gasteiger partial charge in [-0.05, 0) is 33.3 Å². The molecule has 0 aliphatic carbocycles. The van der Waals surface area contributed by atoms with E-state index in [0.29, 0.717) is 55.9 Å². The van der Waals surface area contributed by atoms with E-state index in [4.69, 9.17) is 9.47 Å². The van der Waals surface area contributed by atoms with Gasteiger partial charge < -0.3 is 29.5 Å². The molecule has 242 valence electrons. The molecule has 2 bridgehead atoms. The van der Waals surface area contributed by atoms with Crippen molar-refractivity contribution in [3.63, 3.8) is 0 Å². The Bertz CT molecular complexity index is 1760. The number of piperazine rings is 1. The lowest BCUT2D eigenvalue weighted by molar-refractivity contribution is 0.0240. The largest absolute Gasteiger partial charge is 0.444 e. The summed E-state index contributed by atoms with van der Waals surface area (Å²) in [4.78, 5) is 44.9. The van der Waals surface area contributed by atoms with Crippen LogP contribution in [0.2, 0.25) is 0 Å². The lowest BCUT2D eigenvalue weighted by atomic mass is 10.2. The average molecular weight is 638 g/mol. The number of anilines is 3. The van der Waals surface area contributed by atoms with Crippen molar-refractivity contribution < 1.29 is 27.8 Å². The Morgan fingerprint density at radius 1 is 1.11 bits per heavy atom. The Kier molecular flexibility index (Phi) is 7.41. The fraction of sp³-hybridized carbons (Fsp3) is 0.483. The number of halogens is 2. The smallest absolute Gasteiger partial charge is 0.410 e. The molecule has 0 aromatic carbocycles. The van der Waals surface area contributed by atoms with Crippen molar-refractivity contribution in [3.8, 4) is 5.69 Å². The van der Waals surface area contributed by atoms with Crippen LogP contribution in [0.1, 0.15) is 49.7 Å². The van der Waals surface area contributed by atoms with Crippen LogP contribution in [0.15, 0.2) is 37.1 Å². The molecule has 15 nitrogen and oxygen atoms in total. The van der Waals surface area contributed by atoms with Crippen LogP contribution in [0.4, 0.5) is 31.0 Å². The summed E-state index contributed by atoms with van der Waals surface area (Å²) in [6.45, 7) is 8.69. The van der Waals surface area contributed by atoms with Crippen LogP contribution in [0, 0.1) is 0 Å². The number of aromatic nitrogens is 7. The van der Waals surface area contributed by atoms with Gasteiger partial charge in [-0.15, -0.1) is 0 Å². The quantitative estimate of drug-likeness (QED) is 0.333. The lowest BCUT2D eigenvalue weighted by Crippen LogP contribution is -2.50. The second-order valence-electron chi connectivity index (χ2n) is 12.4. The van der Waals surface area contributed by atoms with Crippen molar-refractivity contribution in [2.45, 2.75) is 51.4 Å². The highest BCUT2D eigenvalue weighted by atomic mass is 19.3. The first-order chi connectivity index (χ1) is 22.0. The Labute approximate surface area is 262 Å². The molecule has 2 atom stereocenters. The SMILES string of the molecule is CC(C)(C)OC(=O)N1CCN(c2ncc(-n3cc(NC(=O)c4cnn5ccc(N6C[C@H]7C[C@@H]6CO7)nc45)c(C(F)F)n3)cn2)CC1. The topological polar surface area (TPSA) is 148 Å². The van der Waals surface area contributed by atoms with Crippen molar-refractivity contribution in [2.24, 2.45) is 0 Å². The maximum absolute atomic E-state index is 14.0. The Hall–Kier alpha value is -4.93. The van der Waals surface area contributed by atoms with Crippen LogP contribution in [0.5, 0.6) is 0 Å². The van der Waals surface area contributed by atoms with E-state index in [0.717, 1.165) is 13.0 Å². The number of hydrogen-bond donors (Lipinski definition) is 1. The lowest BCUT2D eigenvalue weighted by Gasteiger charge is -2.35. The number of nitrogens with zero attached hydrogens (tertiary/aromatic N) is 10. The summed E-state index contributed by atoms with van der Waals surface area (Å²) in [5, 5.41) is 10.8. The van der Waals surface area contributed by atoms with E-state index in [2.05, 4.69) is 35.4 Å². The zero-order valence-electron chi connectivity index (χ0n) is 25.5. The predicted octanol–water partition coefficient (Wildman–Crippen LogP) is 2.93. The van der Waals surface area contributed by atoms with Gasteiger partial charge in [0, 0.05) is 38.9 Å². The van der Waals surface area contributed by atoms with Gasteiger partial charge in [-0.25, -0.2) is 37.7 Å². The van der Waals surface area contributed by atoms with Crippen LogP contribution < -0.4 is 15.1 Å². The van der Waals surface area contributed by atoms with E-state index in [1.54, 1.807) is 11.1 Å². The highest BCUT2D eigenvalue weighted by Crippen LogP contribution is 2.32. The van der Waals surface area contributed by atoms with Crippen molar-refractivity contribution >= 4 is 35.1 Å². The van der Waals surface area contributed by atoms with Gasteiger partial charge in [-0.3, -0.25) is 4.79 Å². The Balaban J connectivity index is 1.05. The predicted molar refractivity (Wildman–Crippen MR) is 161 cm³/mol. The summed E-state index contributed by atoms with van der Waals surface area (Å²) < 4.78 is 41.9. The summed E-state index contributed by atoms with van der Waals surface area (Å²) in [5.74, 6) is 0.480. The summed E-state index contributed by atoms with van der Waals surface area (Å²) in [5.41, 5.74) is -0.577. The first-order valence-electron chi connectivity index (χ1n) is 15.0. The molecule has 4 aromatic rings. The minimum absolute atomic E-state index is 0.134. The van der Waals surface area contributed by atoms with Gasteiger partial charge in [0.2, 0.25) is 5.95 Å². The second-order valence-corrected chi connectivity index (χ2v) is 12.4. The number of ether oxygens (including phenoxy) is 2. The molecule has 3 aliphatic heterocycles. The maximum Gasteiger partial charge on any atom is 0.410 e. The molecule has 2 amide bonds. The minimum Gasteiger partial charge on any atom is -0.444 e. The van der Waals surface area contributed by atoms with Crippen molar-refractivity contribution in [1.82, 2.24) is 39.2 Å². The van der Waals surface area contributed by atoms with Gasteiger partial charge in [-0.1, -0.05) is 0 Å². The normalized spacial score (nSPS) is 19.8. The maximum atomic E-state index is 14.0. The highest BCUT2D eigenvalue weighted by molar-refractivity contribution is 6.08. The first-order valence-corrected chi connectivity index (χ1v) is 15.0. The molecule has 17 heteroatoms. The van der Waals surface area contributed by atoms with Gasteiger partial charge in [-0.2, -0.15) is 10.2 Å². The Morgan fingerprint density at radius 3 is 2.52 bits per heavy atom. The third kappa shape index (κ3) is 5.77. The molecule has 1 N–H and O–H groups in total. The van der Waals surface area contributed by atoms with E-state index in [-0.39, 0.29) is 29.5 Å². The van der Waals surface area contributed by atoms with Gasteiger partial charge in [0.1, 0.15) is 22.7 Å². The number of morpholine rings is 1. The van der Waals surface area contributed by atoms with E-state index in [1.807, 2.05) is 31.7 Å². The van der Waals surface area contributed by atoms with Crippen molar-refractivity contribution in [3.05, 3.63) is 48.3 Å². The minimum atomic E-state index is -2.96. The number of hydrogen-bond acceptors (Lipinski definition) is 11.